The number of anilines is 1. The number of halogens is 2. The highest BCUT2D eigenvalue weighted by molar-refractivity contribution is 5.96. The van der Waals surface area contributed by atoms with Crippen LogP contribution in [0.15, 0.2) is 18.2 Å². The van der Waals surface area contributed by atoms with Gasteiger partial charge in [0.1, 0.15) is 17.2 Å². The molecule has 9 heteroatoms. The number of ether oxygens (including phenoxy) is 1. The highest BCUT2D eigenvalue weighted by atomic mass is 19.1. The lowest BCUT2D eigenvalue weighted by Gasteiger charge is -2.42. The molecule has 2 N–H and O–H groups in total. The van der Waals surface area contributed by atoms with Crippen molar-refractivity contribution in [3.63, 3.8) is 0 Å². The summed E-state index contributed by atoms with van der Waals surface area (Å²) in [5.74, 6) is -2.55. The zero-order valence-corrected chi connectivity index (χ0v) is 17.7. The summed E-state index contributed by atoms with van der Waals surface area (Å²) < 4.78 is 32.1. The van der Waals surface area contributed by atoms with Gasteiger partial charge in [-0.2, -0.15) is 0 Å². The van der Waals surface area contributed by atoms with E-state index in [1.165, 1.54) is 0 Å². The van der Waals surface area contributed by atoms with Gasteiger partial charge in [-0.3, -0.25) is 9.59 Å². The van der Waals surface area contributed by atoms with E-state index in [1.807, 2.05) is 0 Å². The van der Waals surface area contributed by atoms with Crippen molar-refractivity contribution in [3.8, 4) is 0 Å². The molecule has 1 atom stereocenters. The lowest BCUT2D eigenvalue weighted by Crippen LogP contribution is -2.62. The molecule has 7 nitrogen and oxygen atoms in total. The van der Waals surface area contributed by atoms with Crippen LogP contribution in [0.1, 0.15) is 51.9 Å². The van der Waals surface area contributed by atoms with Crippen LogP contribution in [-0.2, 0) is 14.3 Å². The maximum Gasteiger partial charge on any atom is 0.320 e. The number of carbonyl (C=O) groups excluding carboxylic acids is 3. The number of piperidine rings is 1. The molecule has 0 spiro atoms. The maximum atomic E-state index is 13.9. The van der Waals surface area contributed by atoms with Gasteiger partial charge in [0.05, 0.1) is 18.2 Å². The first kappa shape index (κ1) is 23.0. The molecule has 2 fully saturated rings. The van der Waals surface area contributed by atoms with Gasteiger partial charge in [0, 0.05) is 19.2 Å². The normalized spacial score (nSPS) is 20.6. The molecule has 1 saturated heterocycles. The lowest BCUT2D eigenvalue weighted by atomic mass is 9.80. The highest BCUT2D eigenvalue weighted by Crippen LogP contribution is 2.32. The van der Waals surface area contributed by atoms with Crippen molar-refractivity contribution in [2.24, 2.45) is 5.92 Å². The largest absolute Gasteiger partial charge is 0.466 e. The molecule has 0 radical (unpaired) electrons. The van der Waals surface area contributed by atoms with Gasteiger partial charge in [0.2, 0.25) is 5.91 Å². The number of nitrogens with zero attached hydrogens (tertiary/aromatic N) is 1. The summed E-state index contributed by atoms with van der Waals surface area (Å²) in [7, 11) is 0. The Morgan fingerprint density at radius 3 is 2.58 bits per heavy atom. The Bertz CT molecular complexity index is 827. The second-order valence-electron chi connectivity index (χ2n) is 8.19. The maximum absolute atomic E-state index is 13.9. The van der Waals surface area contributed by atoms with Crippen molar-refractivity contribution in [1.29, 1.82) is 0 Å². The van der Waals surface area contributed by atoms with E-state index in [-0.39, 0.29) is 36.6 Å². The number of nitrogens with one attached hydrogen (secondary N) is 2. The van der Waals surface area contributed by atoms with Crippen molar-refractivity contribution in [3.05, 3.63) is 29.8 Å². The fraction of sp³-hybridized carbons (Fsp3) is 0.591. The van der Waals surface area contributed by atoms with Crippen molar-refractivity contribution in [2.45, 2.75) is 57.4 Å². The molecule has 1 saturated carbocycles. The topological polar surface area (TPSA) is 87.7 Å². The Kier molecular flexibility index (Phi) is 7.46. The number of hydrogen-bond donors (Lipinski definition) is 2. The number of urea groups is 1. The van der Waals surface area contributed by atoms with E-state index in [0.717, 1.165) is 31.4 Å². The molecule has 170 valence electrons. The molecule has 1 aliphatic carbocycles. The third-order valence-corrected chi connectivity index (χ3v) is 5.98. The van der Waals surface area contributed by atoms with E-state index in [4.69, 9.17) is 4.74 Å². The second-order valence-corrected chi connectivity index (χ2v) is 8.19. The molecule has 3 rings (SSSR count). The number of rotatable bonds is 5. The summed E-state index contributed by atoms with van der Waals surface area (Å²) in [6, 6.07) is 2.14. The Morgan fingerprint density at radius 2 is 1.90 bits per heavy atom. The van der Waals surface area contributed by atoms with E-state index < -0.39 is 23.2 Å². The van der Waals surface area contributed by atoms with Gasteiger partial charge in [-0.15, -0.1) is 0 Å². The Morgan fingerprint density at radius 1 is 1.16 bits per heavy atom. The predicted octanol–water partition coefficient (Wildman–Crippen LogP) is 3.59. The van der Waals surface area contributed by atoms with Crippen LogP contribution in [0.3, 0.4) is 0 Å². The van der Waals surface area contributed by atoms with Crippen molar-refractivity contribution < 1.29 is 27.9 Å². The predicted molar refractivity (Wildman–Crippen MR) is 110 cm³/mol. The van der Waals surface area contributed by atoms with Crippen LogP contribution in [-0.4, -0.2) is 48.0 Å². The third-order valence-electron chi connectivity index (χ3n) is 5.98. The van der Waals surface area contributed by atoms with Gasteiger partial charge >= 0.3 is 12.0 Å². The molecular weight excluding hydrogens is 408 g/mol. The van der Waals surface area contributed by atoms with Gasteiger partial charge in [-0.25, -0.2) is 13.6 Å². The van der Waals surface area contributed by atoms with Crippen molar-refractivity contribution in [1.82, 2.24) is 10.2 Å². The van der Waals surface area contributed by atoms with Crippen molar-refractivity contribution >= 4 is 23.6 Å². The molecule has 1 aromatic rings. The van der Waals surface area contributed by atoms with E-state index in [9.17, 15) is 23.2 Å². The van der Waals surface area contributed by atoms with Crippen LogP contribution >= 0.6 is 0 Å². The molecular formula is C22H29F2N3O4. The number of hydrogen-bond acceptors (Lipinski definition) is 4. The van der Waals surface area contributed by atoms with E-state index in [1.54, 1.807) is 11.8 Å². The standard InChI is InChI=1S/C22H29F2N3O4/c1-2-31-19(28)15-7-6-12-27(14-15)20(29)22(10-4-3-5-11-22)26-21(30)25-18-9-8-16(23)13-17(18)24/h8-9,13,15H,2-7,10-12,14H2,1H3,(H2,25,26,30)/t15-/m0/s1. The Balaban J connectivity index is 1.72. The van der Waals surface area contributed by atoms with Crippen molar-refractivity contribution in [2.75, 3.05) is 25.0 Å². The van der Waals surface area contributed by atoms with E-state index in [2.05, 4.69) is 10.6 Å². The fourth-order valence-corrected chi connectivity index (χ4v) is 4.43. The molecule has 2 aliphatic rings. The number of likely N-dealkylation sites (tertiary alicyclic amines) is 1. The molecule has 1 aromatic carbocycles. The first-order valence-corrected chi connectivity index (χ1v) is 10.8. The zero-order chi connectivity index (χ0) is 22.4. The molecule has 31 heavy (non-hydrogen) atoms. The number of carbonyl (C=O) groups is 3. The first-order chi connectivity index (χ1) is 14.8. The highest BCUT2D eigenvalue weighted by Gasteiger charge is 2.45. The summed E-state index contributed by atoms with van der Waals surface area (Å²) in [6.45, 7) is 2.80. The average Bonchev–Trinajstić information content (AvgIpc) is 2.76. The average molecular weight is 437 g/mol. The molecule has 3 amide bonds. The lowest BCUT2D eigenvalue weighted by molar-refractivity contribution is -0.152. The number of esters is 1. The SMILES string of the molecule is CCOC(=O)[C@H]1CCCN(C(=O)C2(NC(=O)Nc3ccc(F)cc3F)CCCCC2)C1. The number of amides is 3. The monoisotopic (exact) mass is 437 g/mol. The van der Waals surface area contributed by atoms with Gasteiger partial charge in [-0.05, 0) is 44.7 Å². The minimum absolute atomic E-state index is 0.169. The molecule has 1 aliphatic heterocycles. The first-order valence-electron chi connectivity index (χ1n) is 10.8. The molecule has 0 unspecified atom stereocenters. The summed E-state index contributed by atoms with van der Waals surface area (Å²) >= 11 is 0. The van der Waals surface area contributed by atoms with Crippen LogP contribution < -0.4 is 10.6 Å². The van der Waals surface area contributed by atoms with Crippen LogP contribution in [0.2, 0.25) is 0 Å². The van der Waals surface area contributed by atoms with Crippen LogP contribution in [0.4, 0.5) is 19.3 Å². The smallest absolute Gasteiger partial charge is 0.320 e. The minimum Gasteiger partial charge on any atom is -0.466 e. The summed E-state index contributed by atoms with van der Waals surface area (Å²) in [6.07, 6.45) is 4.76. The zero-order valence-electron chi connectivity index (χ0n) is 17.7. The molecule has 0 bridgehead atoms. The van der Waals surface area contributed by atoms with E-state index in [0.29, 0.717) is 38.3 Å². The van der Waals surface area contributed by atoms with Gasteiger partial charge in [0.15, 0.2) is 0 Å². The Labute approximate surface area is 180 Å². The number of benzene rings is 1. The summed E-state index contributed by atoms with van der Waals surface area (Å²) in [4.78, 5) is 39.9. The quantitative estimate of drug-likeness (QED) is 0.689. The van der Waals surface area contributed by atoms with Gasteiger partial charge < -0.3 is 20.3 Å². The fourth-order valence-electron chi connectivity index (χ4n) is 4.43. The van der Waals surface area contributed by atoms with Gasteiger partial charge in [0.25, 0.3) is 0 Å². The van der Waals surface area contributed by atoms with Crippen LogP contribution in [0.5, 0.6) is 0 Å². The molecule has 1 heterocycles. The van der Waals surface area contributed by atoms with Crippen LogP contribution in [0.25, 0.3) is 0 Å². The van der Waals surface area contributed by atoms with E-state index >= 15 is 0 Å². The minimum atomic E-state index is -1.12. The summed E-state index contributed by atoms with van der Waals surface area (Å²) in [5, 5.41) is 5.15. The second kappa shape index (κ2) is 10.1. The third kappa shape index (κ3) is 5.51. The Hall–Kier alpha value is -2.71. The summed E-state index contributed by atoms with van der Waals surface area (Å²) in [5.41, 5.74) is -1.28. The molecule has 0 aromatic heterocycles. The van der Waals surface area contributed by atoms with Crippen LogP contribution in [0, 0.1) is 17.6 Å². The van der Waals surface area contributed by atoms with Gasteiger partial charge in [-0.1, -0.05) is 19.3 Å².